The summed E-state index contributed by atoms with van der Waals surface area (Å²) in [6.45, 7) is 5.77. The molecule has 0 saturated heterocycles. The van der Waals surface area contributed by atoms with Gasteiger partial charge in [-0.3, -0.25) is 14.2 Å². The van der Waals surface area contributed by atoms with E-state index in [9.17, 15) is 9.59 Å². The van der Waals surface area contributed by atoms with Crippen molar-refractivity contribution in [1.82, 2.24) is 14.9 Å². The summed E-state index contributed by atoms with van der Waals surface area (Å²) >= 11 is 0. The summed E-state index contributed by atoms with van der Waals surface area (Å²) in [6, 6.07) is 4.18. The van der Waals surface area contributed by atoms with Gasteiger partial charge >= 0.3 is 0 Å². The zero-order chi connectivity index (χ0) is 16.6. The highest BCUT2D eigenvalue weighted by Gasteiger charge is 2.18. The Labute approximate surface area is 135 Å². The molecular weight excluding hydrogens is 290 g/mol. The second-order valence-corrected chi connectivity index (χ2v) is 6.56. The van der Waals surface area contributed by atoms with E-state index in [2.05, 4.69) is 10.3 Å². The number of aromatic nitrogens is 2. The molecule has 1 amide bonds. The molecule has 1 fully saturated rings. The summed E-state index contributed by atoms with van der Waals surface area (Å²) in [5, 5.41) is 3.05. The molecule has 1 N–H and O–H groups in total. The molecule has 5 nitrogen and oxygen atoms in total. The fourth-order valence-electron chi connectivity index (χ4n) is 3.27. The SMILES string of the molecule is Cc1cc2nc(C)c(=O)n(CC(=O)NC3CCCC3)c2cc1C. The van der Waals surface area contributed by atoms with Crippen LogP contribution in [0.5, 0.6) is 0 Å². The van der Waals surface area contributed by atoms with Crippen molar-refractivity contribution >= 4 is 16.9 Å². The summed E-state index contributed by atoms with van der Waals surface area (Å²) in [5.41, 5.74) is 3.94. The number of aryl methyl sites for hydroxylation is 3. The molecule has 5 heteroatoms. The molecule has 23 heavy (non-hydrogen) atoms. The van der Waals surface area contributed by atoms with Crippen LogP contribution >= 0.6 is 0 Å². The smallest absolute Gasteiger partial charge is 0.272 e. The number of amides is 1. The largest absolute Gasteiger partial charge is 0.352 e. The van der Waals surface area contributed by atoms with Crippen molar-refractivity contribution < 1.29 is 4.79 Å². The minimum atomic E-state index is -0.192. The van der Waals surface area contributed by atoms with E-state index in [1.165, 1.54) is 12.8 Å². The monoisotopic (exact) mass is 313 g/mol. The lowest BCUT2D eigenvalue weighted by Gasteiger charge is -2.15. The number of nitrogens with zero attached hydrogens (tertiary/aromatic N) is 2. The van der Waals surface area contributed by atoms with Crippen LogP contribution in [0.4, 0.5) is 0 Å². The van der Waals surface area contributed by atoms with Crippen LogP contribution in [0.25, 0.3) is 11.0 Å². The summed E-state index contributed by atoms with van der Waals surface area (Å²) in [6.07, 6.45) is 4.41. The first-order valence-electron chi connectivity index (χ1n) is 8.23. The Bertz CT molecular complexity index is 817. The molecule has 1 aliphatic carbocycles. The van der Waals surface area contributed by atoms with Crippen LogP contribution in [0, 0.1) is 20.8 Å². The minimum Gasteiger partial charge on any atom is -0.352 e. The molecule has 122 valence electrons. The average Bonchev–Trinajstić information content (AvgIpc) is 2.99. The first-order valence-corrected chi connectivity index (χ1v) is 8.23. The Morgan fingerprint density at radius 3 is 2.57 bits per heavy atom. The predicted octanol–water partition coefficient (Wildman–Crippen LogP) is 2.38. The van der Waals surface area contributed by atoms with Crippen LogP contribution in [0.15, 0.2) is 16.9 Å². The fourth-order valence-corrected chi connectivity index (χ4v) is 3.27. The number of nitrogens with one attached hydrogen (secondary N) is 1. The highest BCUT2D eigenvalue weighted by Crippen LogP contribution is 2.19. The molecule has 0 atom stereocenters. The predicted molar refractivity (Wildman–Crippen MR) is 90.6 cm³/mol. The van der Waals surface area contributed by atoms with Gasteiger partial charge in [0, 0.05) is 6.04 Å². The van der Waals surface area contributed by atoms with E-state index in [-0.39, 0.29) is 24.1 Å². The zero-order valence-corrected chi connectivity index (χ0v) is 14.0. The van der Waals surface area contributed by atoms with E-state index in [1.54, 1.807) is 11.5 Å². The second-order valence-electron chi connectivity index (χ2n) is 6.56. The molecule has 1 aromatic heterocycles. The summed E-state index contributed by atoms with van der Waals surface area (Å²) < 4.78 is 1.55. The van der Waals surface area contributed by atoms with E-state index in [0.717, 1.165) is 35.0 Å². The van der Waals surface area contributed by atoms with Gasteiger partial charge in [-0.25, -0.2) is 4.98 Å². The van der Waals surface area contributed by atoms with Crippen molar-refractivity contribution in [1.29, 1.82) is 0 Å². The van der Waals surface area contributed by atoms with Gasteiger partial charge in [0.25, 0.3) is 5.56 Å². The number of hydrogen-bond acceptors (Lipinski definition) is 3. The van der Waals surface area contributed by atoms with Gasteiger partial charge in [0.15, 0.2) is 0 Å². The van der Waals surface area contributed by atoms with Crippen LogP contribution in [-0.2, 0) is 11.3 Å². The molecule has 3 rings (SSSR count). The van der Waals surface area contributed by atoms with E-state index < -0.39 is 0 Å². The third-order valence-electron chi connectivity index (χ3n) is 4.75. The molecule has 0 spiro atoms. The molecule has 0 bridgehead atoms. The van der Waals surface area contributed by atoms with Gasteiger partial charge in [0.2, 0.25) is 5.91 Å². The molecule has 0 unspecified atom stereocenters. The number of hydrogen-bond donors (Lipinski definition) is 1. The lowest BCUT2D eigenvalue weighted by atomic mass is 10.1. The first-order chi connectivity index (χ1) is 11.0. The van der Waals surface area contributed by atoms with Crippen molar-refractivity contribution in [2.45, 2.75) is 59.0 Å². The maximum Gasteiger partial charge on any atom is 0.272 e. The summed E-state index contributed by atoms with van der Waals surface area (Å²) in [5.74, 6) is -0.0934. The Morgan fingerprint density at radius 2 is 1.87 bits per heavy atom. The number of benzene rings is 1. The molecule has 1 heterocycles. The molecule has 1 aromatic carbocycles. The topological polar surface area (TPSA) is 64.0 Å². The van der Waals surface area contributed by atoms with Crippen molar-refractivity contribution in [3.8, 4) is 0 Å². The fraction of sp³-hybridized carbons (Fsp3) is 0.500. The minimum absolute atomic E-state index is 0.0533. The Morgan fingerprint density at radius 1 is 1.22 bits per heavy atom. The highest BCUT2D eigenvalue weighted by atomic mass is 16.2. The van der Waals surface area contributed by atoms with E-state index in [0.29, 0.717) is 5.69 Å². The van der Waals surface area contributed by atoms with Gasteiger partial charge in [-0.05, 0) is 56.9 Å². The van der Waals surface area contributed by atoms with Gasteiger partial charge in [-0.15, -0.1) is 0 Å². The third-order valence-corrected chi connectivity index (χ3v) is 4.75. The number of carbonyl (C=O) groups excluding carboxylic acids is 1. The van der Waals surface area contributed by atoms with Crippen molar-refractivity contribution in [3.05, 3.63) is 39.3 Å². The highest BCUT2D eigenvalue weighted by molar-refractivity contribution is 5.81. The number of fused-ring (bicyclic) bond motifs is 1. The van der Waals surface area contributed by atoms with Gasteiger partial charge in [-0.2, -0.15) is 0 Å². The number of carbonyl (C=O) groups is 1. The van der Waals surface area contributed by atoms with Gasteiger partial charge in [0.1, 0.15) is 12.2 Å². The van der Waals surface area contributed by atoms with Crippen molar-refractivity contribution in [2.75, 3.05) is 0 Å². The Balaban J connectivity index is 1.98. The average molecular weight is 313 g/mol. The number of rotatable bonds is 3. The normalized spacial score (nSPS) is 15.3. The van der Waals surface area contributed by atoms with Crippen LogP contribution in [0.1, 0.15) is 42.5 Å². The quantitative estimate of drug-likeness (QED) is 0.946. The van der Waals surface area contributed by atoms with Gasteiger partial charge in [0.05, 0.1) is 11.0 Å². The molecule has 1 aliphatic rings. The standard InChI is InChI=1S/C18H23N3O2/c1-11-8-15-16(9-12(11)2)21(18(23)13(3)19-15)10-17(22)20-14-6-4-5-7-14/h8-9,14H,4-7,10H2,1-3H3,(H,20,22). The van der Waals surface area contributed by atoms with Crippen molar-refractivity contribution in [2.24, 2.45) is 0 Å². The van der Waals surface area contributed by atoms with Crippen molar-refractivity contribution in [3.63, 3.8) is 0 Å². The third kappa shape index (κ3) is 3.14. The van der Waals surface area contributed by atoms with Crippen LogP contribution in [0.3, 0.4) is 0 Å². The van der Waals surface area contributed by atoms with Crippen LogP contribution in [0.2, 0.25) is 0 Å². The first kappa shape index (κ1) is 15.7. The van der Waals surface area contributed by atoms with Crippen LogP contribution in [-0.4, -0.2) is 21.5 Å². The molecule has 1 saturated carbocycles. The summed E-state index contributed by atoms with van der Waals surface area (Å²) in [4.78, 5) is 29.2. The Hall–Kier alpha value is -2.17. The van der Waals surface area contributed by atoms with E-state index in [1.807, 2.05) is 26.0 Å². The molecule has 0 aliphatic heterocycles. The van der Waals surface area contributed by atoms with E-state index in [4.69, 9.17) is 0 Å². The maximum absolute atomic E-state index is 12.5. The van der Waals surface area contributed by atoms with Gasteiger partial charge in [-0.1, -0.05) is 12.8 Å². The van der Waals surface area contributed by atoms with Crippen LogP contribution < -0.4 is 10.9 Å². The lowest BCUT2D eigenvalue weighted by Crippen LogP contribution is -2.38. The molecule has 2 aromatic rings. The zero-order valence-electron chi connectivity index (χ0n) is 14.0. The maximum atomic E-state index is 12.5. The summed E-state index contributed by atoms with van der Waals surface area (Å²) in [7, 11) is 0. The van der Waals surface area contributed by atoms with E-state index >= 15 is 0 Å². The molecular formula is C18H23N3O2. The lowest BCUT2D eigenvalue weighted by molar-refractivity contribution is -0.122. The Kier molecular flexibility index (Phi) is 4.20. The molecule has 0 radical (unpaired) electrons. The second kappa shape index (κ2) is 6.14. The van der Waals surface area contributed by atoms with Gasteiger partial charge < -0.3 is 5.32 Å².